The minimum absolute atomic E-state index is 0.140. The van der Waals surface area contributed by atoms with Gasteiger partial charge >= 0.3 is 5.91 Å². The fourth-order valence-electron chi connectivity index (χ4n) is 3.95. The fraction of sp³-hybridized carbons (Fsp3) is 0.103. The van der Waals surface area contributed by atoms with E-state index >= 15 is 0 Å². The lowest BCUT2D eigenvalue weighted by molar-refractivity contribution is 0.0929. The van der Waals surface area contributed by atoms with Crippen LogP contribution in [0.15, 0.2) is 92.9 Å². The normalized spacial score (nSPS) is 11.3. The Hall–Kier alpha value is -3.81. The van der Waals surface area contributed by atoms with Crippen molar-refractivity contribution in [3.05, 3.63) is 105 Å². The molecule has 186 valence electrons. The molecule has 0 radical (unpaired) electrons. The van der Waals surface area contributed by atoms with Gasteiger partial charge in [-0.05, 0) is 75.6 Å². The molecule has 0 spiro atoms. The number of hydrazone groups is 1. The second kappa shape index (κ2) is 11.1. The van der Waals surface area contributed by atoms with Crippen LogP contribution in [-0.2, 0) is 6.61 Å². The van der Waals surface area contributed by atoms with E-state index in [1.807, 2.05) is 37.3 Å². The SMILES string of the molecule is CCOc1cc(/C=N/NC(=O)c2cc3cc(Cl)ccc3o2)c(Br)cc1OCc1cccc2ccccc12. The molecule has 37 heavy (non-hydrogen) atoms. The highest BCUT2D eigenvalue weighted by molar-refractivity contribution is 9.10. The molecule has 5 rings (SSSR count). The summed E-state index contributed by atoms with van der Waals surface area (Å²) in [5, 5.41) is 7.71. The van der Waals surface area contributed by atoms with Crippen molar-refractivity contribution < 1.29 is 18.7 Å². The van der Waals surface area contributed by atoms with Crippen molar-refractivity contribution in [3.63, 3.8) is 0 Å². The first-order valence-corrected chi connectivity index (χ1v) is 12.8. The summed E-state index contributed by atoms with van der Waals surface area (Å²) in [6.45, 7) is 2.76. The summed E-state index contributed by atoms with van der Waals surface area (Å²) in [5.41, 5.74) is 4.85. The van der Waals surface area contributed by atoms with Gasteiger partial charge in [0.25, 0.3) is 0 Å². The predicted molar refractivity (Wildman–Crippen MR) is 150 cm³/mol. The van der Waals surface area contributed by atoms with E-state index in [4.69, 9.17) is 25.5 Å². The van der Waals surface area contributed by atoms with Gasteiger partial charge in [-0.15, -0.1) is 0 Å². The molecule has 0 unspecified atom stereocenters. The summed E-state index contributed by atoms with van der Waals surface area (Å²) in [7, 11) is 0. The molecule has 0 aliphatic rings. The Morgan fingerprint density at radius 2 is 1.81 bits per heavy atom. The van der Waals surface area contributed by atoms with E-state index in [1.54, 1.807) is 24.3 Å². The molecule has 0 atom stereocenters. The summed E-state index contributed by atoms with van der Waals surface area (Å²) in [5.74, 6) is 0.845. The Morgan fingerprint density at radius 1 is 1.00 bits per heavy atom. The largest absolute Gasteiger partial charge is 0.490 e. The molecule has 0 saturated carbocycles. The molecule has 0 saturated heterocycles. The number of carbonyl (C=O) groups excluding carboxylic acids is 1. The lowest BCUT2D eigenvalue weighted by Gasteiger charge is -2.15. The standard InChI is InChI=1S/C29H22BrClN2O4/c1-2-35-26-14-21(16-32-33-29(34)28-13-20-12-22(31)10-11-25(20)37-28)24(30)15-27(26)36-17-19-8-5-7-18-6-3-4-9-23(18)19/h3-16H,2,17H2,1H3,(H,33,34)/b32-16+. The zero-order valence-electron chi connectivity index (χ0n) is 19.8. The maximum atomic E-state index is 12.5. The molecule has 1 heterocycles. The van der Waals surface area contributed by atoms with Crippen molar-refractivity contribution in [1.82, 2.24) is 5.43 Å². The molecule has 6 nitrogen and oxygen atoms in total. The number of furan rings is 1. The van der Waals surface area contributed by atoms with Crippen molar-refractivity contribution >= 4 is 61.4 Å². The number of hydrogen-bond donors (Lipinski definition) is 1. The molecule has 1 N–H and O–H groups in total. The van der Waals surface area contributed by atoms with Gasteiger partial charge in [0.1, 0.15) is 12.2 Å². The molecule has 4 aromatic carbocycles. The van der Waals surface area contributed by atoms with E-state index in [-0.39, 0.29) is 5.76 Å². The summed E-state index contributed by atoms with van der Waals surface area (Å²) in [6.07, 6.45) is 1.53. The number of fused-ring (bicyclic) bond motifs is 2. The lowest BCUT2D eigenvalue weighted by Crippen LogP contribution is -2.16. The van der Waals surface area contributed by atoms with E-state index in [0.29, 0.717) is 40.9 Å². The van der Waals surface area contributed by atoms with E-state index in [1.165, 1.54) is 6.21 Å². The average Bonchev–Trinajstić information content (AvgIpc) is 3.33. The highest BCUT2D eigenvalue weighted by atomic mass is 79.9. The number of halogens is 2. The molecule has 0 fully saturated rings. The molecule has 1 amide bonds. The number of nitrogens with zero attached hydrogens (tertiary/aromatic N) is 1. The van der Waals surface area contributed by atoms with Gasteiger partial charge in [0.05, 0.1) is 12.8 Å². The van der Waals surface area contributed by atoms with Crippen molar-refractivity contribution in [3.8, 4) is 11.5 Å². The second-order valence-electron chi connectivity index (χ2n) is 8.17. The third-order valence-electron chi connectivity index (χ3n) is 5.70. The van der Waals surface area contributed by atoms with Crippen molar-refractivity contribution in [2.75, 3.05) is 6.61 Å². The van der Waals surface area contributed by atoms with Gasteiger partial charge in [-0.3, -0.25) is 4.79 Å². The molecule has 0 bridgehead atoms. The molecule has 0 aliphatic heterocycles. The summed E-state index contributed by atoms with van der Waals surface area (Å²) >= 11 is 9.57. The molecule has 0 aliphatic carbocycles. The van der Waals surface area contributed by atoms with Crippen LogP contribution in [0.4, 0.5) is 0 Å². The quantitative estimate of drug-likeness (QED) is 0.151. The summed E-state index contributed by atoms with van der Waals surface area (Å²) in [4.78, 5) is 12.5. The summed E-state index contributed by atoms with van der Waals surface area (Å²) < 4.78 is 18.3. The summed E-state index contributed by atoms with van der Waals surface area (Å²) in [6, 6.07) is 24.8. The third-order valence-corrected chi connectivity index (χ3v) is 6.62. The highest BCUT2D eigenvalue weighted by Crippen LogP contribution is 2.34. The topological polar surface area (TPSA) is 73.1 Å². The number of hydrogen-bond acceptors (Lipinski definition) is 5. The minimum Gasteiger partial charge on any atom is -0.490 e. The third kappa shape index (κ3) is 5.63. The van der Waals surface area contributed by atoms with Crippen LogP contribution >= 0.6 is 27.5 Å². The average molecular weight is 578 g/mol. The number of nitrogens with one attached hydrogen (secondary N) is 1. The second-order valence-corrected chi connectivity index (χ2v) is 9.46. The maximum Gasteiger partial charge on any atom is 0.307 e. The van der Waals surface area contributed by atoms with E-state index in [0.717, 1.165) is 26.2 Å². The van der Waals surface area contributed by atoms with Crippen LogP contribution in [-0.4, -0.2) is 18.7 Å². The zero-order chi connectivity index (χ0) is 25.8. The number of ether oxygens (including phenoxy) is 2. The van der Waals surface area contributed by atoms with Crippen molar-refractivity contribution in [1.29, 1.82) is 0 Å². The Balaban J connectivity index is 1.31. The van der Waals surface area contributed by atoms with Gasteiger partial charge in [0, 0.05) is 20.4 Å². The lowest BCUT2D eigenvalue weighted by atomic mass is 10.1. The van der Waals surface area contributed by atoms with Crippen LogP contribution in [0, 0.1) is 0 Å². The Labute approximate surface area is 227 Å². The predicted octanol–water partition coefficient (Wildman–Crippen LogP) is 7.74. The van der Waals surface area contributed by atoms with Gasteiger partial charge < -0.3 is 13.9 Å². The molecule has 5 aromatic rings. The van der Waals surface area contributed by atoms with Crippen LogP contribution in [0.25, 0.3) is 21.7 Å². The minimum atomic E-state index is -0.472. The van der Waals surface area contributed by atoms with Gasteiger partial charge in [-0.1, -0.05) is 54.1 Å². The molecular weight excluding hydrogens is 556 g/mol. The van der Waals surface area contributed by atoms with Gasteiger partial charge in [-0.2, -0.15) is 5.10 Å². The Morgan fingerprint density at radius 3 is 2.68 bits per heavy atom. The molecule has 1 aromatic heterocycles. The van der Waals surface area contributed by atoms with Crippen LogP contribution in [0.1, 0.15) is 28.6 Å². The van der Waals surface area contributed by atoms with Crippen LogP contribution in [0.5, 0.6) is 11.5 Å². The van der Waals surface area contributed by atoms with E-state index in [9.17, 15) is 4.79 Å². The smallest absolute Gasteiger partial charge is 0.307 e. The first-order valence-electron chi connectivity index (χ1n) is 11.6. The molecule has 8 heteroatoms. The zero-order valence-corrected chi connectivity index (χ0v) is 22.2. The number of amides is 1. The Kier molecular flexibility index (Phi) is 7.44. The van der Waals surface area contributed by atoms with Crippen molar-refractivity contribution in [2.45, 2.75) is 13.5 Å². The monoisotopic (exact) mass is 576 g/mol. The highest BCUT2D eigenvalue weighted by Gasteiger charge is 2.14. The van der Waals surface area contributed by atoms with Crippen LogP contribution < -0.4 is 14.9 Å². The van der Waals surface area contributed by atoms with E-state index < -0.39 is 5.91 Å². The van der Waals surface area contributed by atoms with Gasteiger partial charge in [0.2, 0.25) is 0 Å². The van der Waals surface area contributed by atoms with E-state index in [2.05, 4.69) is 50.7 Å². The van der Waals surface area contributed by atoms with Crippen LogP contribution in [0.3, 0.4) is 0 Å². The number of carbonyl (C=O) groups is 1. The maximum absolute atomic E-state index is 12.5. The van der Waals surface area contributed by atoms with Gasteiger partial charge in [0.15, 0.2) is 17.3 Å². The fourth-order valence-corrected chi connectivity index (χ4v) is 4.55. The first kappa shape index (κ1) is 24.9. The van der Waals surface area contributed by atoms with Crippen molar-refractivity contribution in [2.24, 2.45) is 5.10 Å². The first-order chi connectivity index (χ1) is 18.0. The molecular formula is C29H22BrClN2O4. The van der Waals surface area contributed by atoms with Gasteiger partial charge in [-0.25, -0.2) is 5.43 Å². The van der Waals surface area contributed by atoms with Crippen LogP contribution in [0.2, 0.25) is 5.02 Å². The number of benzene rings is 4. The number of rotatable bonds is 8. The Bertz CT molecular complexity index is 1620.